The van der Waals surface area contributed by atoms with E-state index in [2.05, 4.69) is 24.9 Å². The maximum atomic E-state index is 13.5. The summed E-state index contributed by atoms with van der Waals surface area (Å²) in [6, 6.07) is 8.43. The molecule has 0 aliphatic carbocycles. The molecule has 0 aliphatic rings. The molecule has 120 valence electrons. The van der Waals surface area contributed by atoms with Crippen LogP contribution in [0.25, 0.3) is 33.1 Å². The molecule has 0 N–H and O–H groups in total. The molecule has 0 amide bonds. The van der Waals surface area contributed by atoms with E-state index in [-0.39, 0.29) is 5.82 Å². The molecular formula is C18H11FN6. The molecule has 25 heavy (non-hydrogen) atoms. The number of nitrogens with zero attached hydrogens (tertiary/aromatic N) is 6. The van der Waals surface area contributed by atoms with Gasteiger partial charge in [-0.3, -0.25) is 4.98 Å². The second-order valence-corrected chi connectivity index (χ2v) is 5.39. The molecule has 0 bridgehead atoms. The third-order valence-electron chi connectivity index (χ3n) is 3.82. The average molecular weight is 330 g/mol. The molecule has 0 aromatic carbocycles. The van der Waals surface area contributed by atoms with Crippen molar-refractivity contribution in [3.8, 4) is 22.6 Å². The lowest BCUT2D eigenvalue weighted by Gasteiger charge is -2.09. The van der Waals surface area contributed by atoms with Crippen LogP contribution in [-0.2, 0) is 0 Å². The van der Waals surface area contributed by atoms with Gasteiger partial charge in [-0.2, -0.15) is 5.10 Å². The maximum Gasteiger partial charge on any atom is 0.250 e. The fourth-order valence-corrected chi connectivity index (χ4v) is 2.58. The summed E-state index contributed by atoms with van der Waals surface area (Å²) in [4.78, 5) is 16.7. The Balaban J connectivity index is 1.92. The highest BCUT2D eigenvalue weighted by Gasteiger charge is 2.14. The SMILES string of the molecule is [C-]#[N+]c1cnn2ccc(-c3cccnc3-c3ccc(F)c(C)n3)nc12. The molecular weight excluding hydrogens is 319 g/mol. The van der Waals surface area contributed by atoms with Gasteiger partial charge < -0.3 is 0 Å². The van der Waals surface area contributed by atoms with Gasteiger partial charge in [-0.15, -0.1) is 0 Å². The zero-order chi connectivity index (χ0) is 17.4. The van der Waals surface area contributed by atoms with E-state index in [4.69, 9.17) is 6.57 Å². The largest absolute Gasteiger partial charge is 0.254 e. The van der Waals surface area contributed by atoms with Gasteiger partial charge in [0.15, 0.2) is 5.65 Å². The van der Waals surface area contributed by atoms with Crippen LogP contribution in [0.5, 0.6) is 0 Å². The number of rotatable bonds is 2. The van der Waals surface area contributed by atoms with Crippen molar-refractivity contribution in [1.82, 2.24) is 24.6 Å². The molecule has 0 radical (unpaired) electrons. The summed E-state index contributed by atoms with van der Waals surface area (Å²) in [5, 5.41) is 4.10. The van der Waals surface area contributed by atoms with Gasteiger partial charge in [-0.05, 0) is 37.3 Å². The van der Waals surface area contributed by atoms with Gasteiger partial charge in [0, 0.05) is 18.0 Å². The summed E-state index contributed by atoms with van der Waals surface area (Å²) < 4.78 is 15.1. The van der Waals surface area contributed by atoms with E-state index in [0.717, 1.165) is 5.56 Å². The summed E-state index contributed by atoms with van der Waals surface area (Å²) in [5.41, 5.74) is 3.73. The van der Waals surface area contributed by atoms with Gasteiger partial charge in [-0.25, -0.2) is 23.7 Å². The van der Waals surface area contributed by atoms with Gasteiger partial charge >= 0.3 is 0 Å². The Morgan fingerprint density at radius 3 is 2.80 bits per heavy atom. The molecule has 0 saturated heterocycles. The molecule has 4 aromatic heterocycles. The van der Waals surface area contributed by atoms with Crippen LogP contribution in [0.4, 0.5) is 10.1 Å². The van der Waals surface area contributed by atoms with Gasteiger partial charge in [0.25, 0.3) is 0 Å². The van der Waals surface area contributed by atoms with Crippen molar-refractivity contribution in [3.05, 3.63) is 71.9 Å². The number of hydrogen-bond donors (Lipinski definition) is 0. The van der Waals surface area contributed by atoms with E-state index in [9.17, 15) is 4.39 Å². The average Bonchev–Trinajstić information content (AvgIpc) is 3.06. The molecule has 0 atom stereocenters. The van der Waals surface area contributed by atoms with Crippen LogP contribution in [0, 0.1) is 19.3 Å². The lowest BCUT2D eigenvalue weighted by Crippen LogP contribution is -1.97. The van der Waals surface area contributed by atoms with Gasteiger partial charge in [0.05, 0.1) is 35.5 Å². The highest BCUT2D eigenvalue weighted by atomic mass is 19.1. The Labute approximate surface area is 142 Å². The van der Waals surface area contributed by atoms with Crippen molar-refractivity contribution >= 4 is 11.3 Å². The van der Waals surface area contributed by atoms with Crippen LogP contribution in [0.15, 0.2) is 48.9 Å². The Bertz CT molecular complexity index is 1140. The number of fused-ring (bicyclic) bond motifs is 1. The van der Waals surface area contributed by atoms with Crippen LogP contribution in [0.3, 0.4) is 0 Å². The quantitative estimate of drug-likeness (QED) is 0.524. The van der Waals surface area contributed by atoms with E-state index in [1.165, 1.54) is 12.3 Å². The van der Waals surface area contributed by atoms with Crippen LogP contribution in [0.2, 0.25) is 0 Å². The van der Waals surface area contributed by atoms with Gasteiger partial charge in [-0.1, -0.05) is 0 Å². The van der Waals surface area contributed by atoms with Crippen molar-refractivity contribution < 1.29 is 4.39 Å². The van der Waals surface area contributed by atoms with Crippen LogP contribution in [0.1, 0.15) is 5.69 Å². The lowest BCUT2D eigenvalue weighted by atomic mass is 10.1. The molecule has 0 unspecified atom stereocenters. The molecule has 0 aliphatic heterocycles. The summed E-state index contributed by atoms with van der Waals surface area (Å²) >= 11 is 0. The van der Waals surface area contributed by atoms with Crippen molar-refractivity contribution in [2.45, 2.75) is 6.92 Å². The third-order valence-corrected chi connectivity index (χ3v) is 3.82. The van der Waals surface area contributed by atoms with Crippen molar-refractivity contribution in [2.24, 2.45) is 0 Å². The minimum Gasteiger partial charge on any atom is -0.254 e. The Kier molecular flexibility index (Phi) is 3.43. The van der Waals surface area contributed by atoms with Crippen molar-refractivity contribution in [3.63, 3.8) is 0 Å². The molecule has 4 aromatic rings. The number of halogens is 1. The van der Waals surface area contributed by atoms with Gasteiger partial charge in [0.2, 0.25) is 5.69 Å². The molecule has 4 heterocycles. The summed E-state index contributed by atoms with van der Waals surface area (Å²) in [7, 11) is 0. The number of aryl methyl sites for hydroxylation is 1. The van der Waals surface area contributed by atoms with Gasteiger partial charge in [0.1, 0.15) is 5.82 Å². The van der Waals surface area contributed by atoms with E-state index in [1.807, 2.05) is 6.07 Å². The Hall–Kier alpha value is -3.66. The standard InChI is InChI=1S/C18H11FN6/c1-11-13(19)5-6-15(23-11)17-12(4-3-8-21-17)14-7-9-25-18(24-14)16(20-2)10-22-25/h3-10H,1H3. The topological polar surface area (TPSA) is 60.3 Å². The second kappa shape index (κ2) is 5.76. The fourth-order valence-electron chi connectivity index (χ4n) is 2.58. The zero-order valence-electron chi connectivity index (χ0n) is 13.2. The smallest absolute Gasteiger partial charge is 0.250 e. The molecule has 0 saturated carbocycles. The summed E-state index contributed by atoms with van der Waals surface area (Å²) in [6.45, 7) is 8.82. The Morgan fingerprint density at radius 2 is 2.00 bits per heavy atom. The molecule has 4 rings (SSSR count). The highest BCUT2D eigenvalue weighted by Crippen LogP contribution is 2.29. The van der Waals surface area contributed by atoms with E-state index < -0.39 is 0 Å². The first-order chi connectivity index (χ1) is 12.2. The number of aromatic nitrogens is 5. The second-order valence-electron chi connectivity index (χ2n) is 5.39. The first-order valence-electron chi connectivity index (χ1n) is 7.48. The maximum absolute atomic E-state index is 13.5. The fraction of sp³-hybridized carbons (Fsp3) is 0.0556. The van der Waals surface area contributed by atoms with Crippen LogP contribution >= 0.6 is 0 Å². The zero-order valence-corrected chi connectivity index (χ0v) is 13.2. The van der Waals surface area contributed by atoms with Crippen molar-refractivity contribution in [2.75, 3.05) is 0 Å². The molecule has 7 heteroatoms. The minimum absolute atomic E-state index is 0.309. The van der Waals surface area contributed by atoms with Crippen molar-refractivity contribution in [1.29, 1.82) is 0 Å². The predicted octanol–water partition coefficient (Wildman–Crippen LogP) is 3.85. The molecule has 0 fully saturated rings. The van der Waals surface area contributed by atoms with Crippen LogP contribution in [-0.4, -0.2) is 24.6 Å². The third kappa shape index (κ3) is 2.50. The first-order valence-corrected chi connectivity index (χ1v) is 7.48. The van der Waals surface area contributed by atoms with Crippen LogP contribution < -0.4 is 0 Å². The number of hydrogen-bond acceptors (Lipinski definition) is 4. The van der Waals surface area contributed by atoms with E-state index >= 15 is 0 Å². The summed E-state index contributed by atoms with van der Waals surface area (Å²) in [6.07, 6.45) is 4.88. The first kappa shape index (κ1) is 14.9. The Morgan fingerprint density at radius 1 is 1.12 bits per heavy atom. The number of pyridine rings is 2. The summed E-state index contributed by atoms with van der Waals surface area (Å²) in [5.74, 6) is -0.360. The predicted molar refractivity (Wildman–Crippen MR) is 90.4 cm³/mol. The highest BCUT2D eigenvalue weighted by molar-refractivity contribution is 5.79. The molecule has 6 nitrogen and oxygen atoms in total. The minimum atomic E-state index is -0.360. The van der Waals surface area contributed by atoms with E-state index in [0.29, 0.717) is 34.1 Å². The van der Waals surface area contributed by atoms with E-state index in [1.54, 1.807) is 42.0 Å². The normalized spacial score (nSPS) is 10.8. The molecule has 0 spiro atoms. The monoisotopic (exact) mass is 330 g/mol. The lowest BCUT2D eigenvalue weighted by molar-refractivity contribution is 0.610.